The summed E-state index contributed by atoms with van der Waals surface area (Å²) in [4.78, 5) is 26.6. The maximum Gasteiger partial charge on any atom is 0.261 e. The highest BCUT2D eigenvalue weighted by Gasteiger charge is 2.26. The molecule has 180 valence electrons. The van der Waals surface area contributed by atoms with Gasteiger partial charge >= 0.3 is 0 Å². The molecule has 3 heterocycles. The molecular weight excluding hydrogens is 455 g/mol. The highest BCUT2D eigenvalue weighted by atomic mass is 19.1. The third-order valence-corrected chi connectivity index (χ3v) is 7.17. The van der Waals surface area contributed by atoms with Crippen molar-refractivity contribution >= 4 is 21.7 Å². The molecule has 2 aromatic carbocycles. The third-order valence-electron chi connectivity index (χ3n) is 7.17. The summed E-state index contributed by atoms with van der Waals surface area (Å²) >= 11 is 0. The Hall–Kier alpha value is -3.97. The van der Waals surface area contributed by atoms with Crippen LogP contribution in [0.3, 0.4) is 0 Å². The Labute approximate surface area is 207 Å². The van der Waals surface area contributed by atoms with Crippen LogP contribution in [0.2, 0.25) is 0 Å². The van der Waals surface area contributed by atoms with Gasteiger partial charge in [0.15, 0.2) is 0 Å². The van der Waals surface area contributed by atoms with Crippen molar-refractivity contribution in [2.75, 3.05) is 0 Å². The van der Waals surface area contributed by atoms with E-state index in [1.165, 1.54) is 12.3 Å². The van der Waals surface area contributed by atoms with Crippen LogP contribution in [0.5, 0.6) is 0 Å². The quantitative estimate of drug-likeness (QED) is 0.282. The molecular formula is C29H25FN4O2. The van der Waals surface area contributed by atoms with Crippen LogP contribution in [0.4, 0.5) is 4.39 Å². The van der Waals surface area contributed by atoms with Gasteiger partial charge in [0, 0.05) is 23.3 Å². The summed E-state index contributed by atoms with van der Waals surface area (Å²) < 4.78 is 14.8. The molecule has 0 spiro atoms. The van der Waals surface area contributed by atoms with Crippen LogP contribution in [-0.4, -0.2) is 30.7 Å². The first-order chi connectivity index (χ1) is 17.6. The van der Waals surface area contributed by atoms with E-state index < -0.39 is 12.1 Å². The Morgan fingerprint density at radius 2 is 1.75 bits per heavy atom. The van der Waals surface area contributed by atoms with Crippen molar-refractivity contribution in [1.29, 1.82) is 0 Å². The van der Waals surface area contributed by atoms with E-state index in [4.69, 9.17) is 0 Å². The number of nitrogens with zero attached hydrogens (tertiary/aromatic N) is 4. The average molecular weight is 481 g/mol. The Balaban J connectivity index is 1.42. The maximum absolute atomic E-state index is 13.6. The van der Waals surface area contributed by atoms with Crippen LogP contribution >= 0.6 is 0 Å². The molecule has 0 radical (unpaired) electrons. The lowest BCUT2D eigenvalue weighted by Gasteiger charge is -2.29. The second-order valence-corrected chi connectivity index (χ2v) is 9.45. The van der Waals surface area contributed by atoms with Crippen LogP contribution in [0.25, 0.3) is 32.9 Å². The number of aliphatic hydroxyl groups is 1. The number of rotatable bonds is 4. The van der Waals surface area contributed by atoms with Gasteiger partial charge in [-0.05, 0) is 60.0 Å². The zero-order chi connectivity index (χ0) is 24.6. The first-order valence-corrected chi connectivity index (χ1v) is 12.2. The molecule has 7 heteroatoms. The number of fused-ring (bicyclic) bond motifs is 3. The minimum atomic E-state index is -0.531. The fourth-order valence-electron chi connectivity index (χ4n) is 5.29. The molecule has 6 rings (SSSR count). The van der Waals surface area contributed by atoms with E-state index in [0.29, 0.717) is 29.4 Å². The van der Waals surface area contributed by atoms with Crippen molar-refractivity contribution in [3.05, 3.63) is 101 Å². The number of aliphatic hydroxyl groups excluding tert-OH is 1. The molecule has 0 saturated heterocycles. The lowest BCUT2D eigenvalue weighted by molar-refractivity contribution is 0.0735. The van der Waals surface area contributed by atoms with Gasteiger partial charge in [-0.3, -0.25) is 14.3 Å². The van der Waals surface area contributed by atoms with E-state index in [9.17, 15) is 14.3 Å². The monoisotopic (exact) mass is 480 g/mol. The standard InChI is InChI=1S/C29H25FN4O2/c30-27-12-10-19(16-32-27)24-11-9-18(15-31-24)13-20-14-23-28(22-6-2-1-5-21(20)22)33-17-34(29(23)36)25-7-3-4-8-26(25)35/h1-2,5-6,9-12,14-17,25-26,35H,3-4,7-8,13H2/t25-,26-/m0/s1. The van der Waals surface area contributed by atoms with Gasteiger partial charge in [-0.1, -0.05) is 43.2 Å². The van der Waals surface area contributed by atoms with Crippen molar-refractivity contribution in [2.24, 2.45) is 0 Å². The second kappa shape index (κ2) is 9.24. The molecule has 1 fully saturated rings. The topological polar surface area (TPSA) is 80.9 Å². The Bertz CT molecular complexity index is 1610. The van der Waals surface area contributed by atoms with Crippen molar-refractivity contribution < 1.29 is 9.50 Å². The SMILES string of the molecule is O=c1c2cc(Cc3ccc(-c4ccc(F)nc4)nc3)c3ccccc3c2ncn1[C@H]1CCCC[C@@H]1O. The molecule has 5 aromatic rings. The number of aromatic nitrogens is 4. The Morgan fingerprint density at radius 3 is 2.50 bits per heavy atom. The zero-order valence-electron chi connectivity index (χ0n) is 19.6. The number of halogens is 1. The normalized spacial score (nSPS) is 18.1. The average Bonchev–Trinajstić information content (AvgIpc) is 2.91. The van der Waals surface area contributed by atoms with Crippen molar-refractivity contribution in [2.45, 2.75) is 44.2 Å². The lowest BCUT2D eigenvalue weighted by atomic mass is 9.92. The Kier molecular flexibility index (Phi) is 5.77. The fourth-order valence-corrected chi connectivity index (χ4v) is 5.29. The van der Waals surface area contributed by atoms with E-state index in [1.807, 2.05) is 42.5 Å². The number of benzene rings is 2. The summed E-state index contributed by atoms with van der Waals surface area (Å²) in [6.07, 6.45) is 8.38. The van der Waals surface area contributed by atoms with E-state index in [0.717, 1.165) is 46.7 Å². The van der Waals surface area contributed by atoms with Gasteiger partial charge < -0.3 is 5.11 Å². The molecule has 0 bridgehead atoms. The highest BCUT2D eigenvalue weighted by molar-refractivity contribution is 6.06. The van der Waals surface area contributed by atoms with Gasteiger partial charge in [-0.15, -0.1) is 0 Å². The van der Waals surface area contributed by atoms with Crippen molar-refractivity contribution in [3.63, 3.8) is 0 Å². The molecule has 1 aliphatic rings. The molecule has 3 aromatic heterocycles. The van der Waals surface area contributed by atoms with Crippen LogP contribution < -0.4 is 5.56 Å². The molecule has 0 amide bonds. The summed E-state index contributed by atoms with van der Waals surface area (Å²) in [7, 11) is 0. The van der Waals surface area contributed by atoms with Gasteiger partial charge in [0.2, 0.25) is 5.95 Å². The molecule has 1 aliphatic carbocycles. The number of hydrogen-bond donors (Lipinski definition) is 1. The summed E-state index contributed by atoms with van der Waals surface area (Å²) in [5.74, 6) is -0.523. The predicted molar refractivity (Wildman–Crippen MR) is 137 cm³/mol. The van der Waals surface area contributed by atoms with Gasteiger partial charge in [-0.25, -0.2) is 9.97 Å². The molecule has 2 atom stereocenters. The highest BCUT2D eigenvalue weighted by Crippen LogP contribution is 2.31. The van der Waals surface area contributed by atoms with E-state index in [2.05, 4.69) is 15.0 Å². The molecule has 6 nitrogen and oxygen atoms in total. The van der Waals surface area contributed by atoms with Gasteiger partial charge in [0.05, 0.1) is 35.1 Å². The van der Waals surface area contributed by atoms with E-state index in [1.54, 1.807) is 23.2 Å². The molecule has 0 aliphatic heterocycles. The first-order valence-electron chi connectivity index (χ1n) is 12.2. The zero-order valence-corrected chi connectivity index (χ0v) is 19.6. The number of hydrogen-bond acceptors (Lipinski definition) is 5. The van der Waals surface area contributed by atoms with E-state index in [-0.39, 0.29) is 11.6 Å². The molecule has 36 heavy (non-hydrogen) atoms. The predicted octanol–water partition coefficient (Wildman–Crippen LogP) is 5.21. The third kappa shape index (κ3) is 4.05. The first kappa shape index (κ1) is 22.5. The van der Waals surface area contributed by atoms with Crippen molar-refractivity contribution in [3.8, 4) is 11.3 Å². The van der Waals surface area contributed by atoms with Crippen LogP contribution in [0.15, 0.2) is 78.1 Å². The van der Waals surface area contributed by atoms with Crippen LogP contribution in [0, 0.1) is 5.95 Å². The maximum atomic E-state index is 13.6. The summed E-state index contributed by atoms with van der Waals surface area (Å²) in [5, 5.41) is 13.1. The lowest BCUT2D eigenvalue weighted by Crippen LogP contribution is -2.34. The summed E-state index contributed by atoms with van der Waals surface area (Å²) in [5.41, 5.74) is 4.03. The van der Waals surface area contributed by atoms with Crippen molar-refractivity contribution in [1.82, 2.24) is 19.5 Å². The number of pyridine rings is 2. The summed E-state index contributed by atoms with van der Waals surface area (Å²) in [6.45, 7) is 0. The minimum absolute atomic E-state index is 0.116. The smallest absolute Gasteiger partial charge is 0.261 e. The molecule has 0 unspecified atom stereocenters. The summed E-state index contributed by atoms with van der Waals surface area (Å²) in [6, 6.07) is 16.5. The molecule has 1 saturated carbocycles. The Morgan fingerprint density at radius 1 is 0.917 bits per heavy atom. The largest absolute Gasteiger partial charge is 0.391 e. The minimum Gasteiger partial charge on any atom is -0.391 e. The van der Waals surface area contributed by atoms with Gasteiger partial charge in [0.25, 0.3) is 5.56 Å². The van der Waals surface area contributed by atoms with Crippen LogP contribution in [0.1, 0.15) is 42.9 Å². The van der Waals surface area contributed by atoms with E-state index >= 15 is 0 Å². The van der Waals surface area contributed by atoms with Crippen LogP contribution in [-0.2, 0) is 6.42 Å². The molecule has 1 N–H and O–H groups in total. The van der Waals surface area contributed by atoms with Gasteiger partial charge in [0.1, 0.15) is 0 Å². The second-order valence-electron chi connectivity index (χ2n) is 9.45. The van der Waals surface area contributed by atoms with Gasteiger partial charge in [-0.2, -0.15) is 4.39 Å². The fraction of sp³-hybridized carbons (Fsp3) is 0.241.